The Hall–Kier alpha value is -3.55. The molecule has 0 saturated carbocycles. The fraction of sp³-hybridized carbons (Fsp3) is 0.379. The molecule has 42 heavy (non-hydrogen) atoms. The molecule has 2 aromatic heterocycles. The molecule has 0 radical (unpaired) electrons. The third kappa shape index (κ3) is 7.08. The molecule has 0 saturated heterocycles. The summed E-state index contributed by atoms with van der Waals surface area (Å²) in [5.74, 6) is 4.19. The molecule has 0 aliphatic heterocycles. The number of carbonyl (C=O) groups excluding carboxylic acids is 1. The van der Waals surface area contributed by atoms with Crippen LogP contribution in [0.1, 0.15) is 57.7 Å². The van der Waals surface area contributed by atoms with Crippen molar-refractivity contribution in [1.29, 1.82) is 0 Å². The van der Waals surface area contributed by atoms with E-state index in [9.17, 15) is 23.2 Å². The standard InChI is InChI=1S/C18H22FN3O2S.C11H14FN3OS/c1-6-12(3)21(5)18(24)25-14-7-8-16(15(19)9-14)22-17(23)13(4)11(2)10-20-22;1-3-6(2)15-9-5-8(14-13)7(12)4-10(9)17-11(15)16/h7-10,12H,6H2,1-5H3;4-6,14H,3,13H2,1-2H3. The summed E-state index contributed by atoms with van der Waals surface area (Å²) in [6.07, 6.45) is 3.22. The monoisotopic (exact) mass is 618 g/mol. The molecular weight excluding hydrogens is 582 g/mol. The van der Waals surface area contributed by atoms with Crippen LogP contribution in [0.5, 0.6) is 0 Å². The largest absolute Gasteiger partial charge is 0.334 e. The van der Waals surface area contributed by atoms with Crippen molar-refractivity contribution in [1.82, 2.24) is 19.2 Å². The van der Waals surface area contributed by atoms with Crippen LogP contribution >= 0.6 is 23.1 Å². The summed E-state index contributed by atoms with van der Waals surface area (Å²) in [7, 11) is 1.73. The van der Waals surface area contributed by atoms with Gasteiger partial charge in [0.2, 0.25) is 0 Å². The van der Waals surface area contributed by atoms with Gasteiger partial charge in [0, 0.05) is 29.6 Å². The van der Waals surface area contributed by atoms with E-state index < -0.39 is 11.6 Å². The van der Waals surface area contributed by atoms with Crippen LogP contribution in [0.4, 0.5) is 19.3 Å². The number of thiazole rings is 1. The maximum atomic E-state index is 14.5. The van der Waals surface area contributed by atoms with E-state index in [-0.39, 0.29) is 39.1 Å². The van der Waals surface area contributed by atoms with E-state index >= 15 is 0 Å². The minimum Gasteiger partial charge on any atom is -0.334 e. The third-order valence-electron chi connectivity index (χ3n) is 7.25. The first kappa shape index (κ1) is 33.0. The highest BCUT2D eigenvalue weighted by molar-refractivity contribution is 8.13. The van der Waals surface area contributed by atoms with Crippen molar-refractivity contribution in [2.45, 2.75) is 71.4 Å². The maximum Gasteiger partial charge on any atom is 0.308 e. The lowest BCUT2D eigenvalue weighted by atomic mass is 10.2. The number of halogens is 2. The molecule has 0 spiro atoms. The second kappa shape index (κ2) is 14.1. The highest BCUT2D eigenvalue weighted by atomic mass is 32.2. The zero-order valence-corrected chi connectivity index (χ0v) is 26.3. The zero-order chi connectivity index (χ0) is 31.3. The predicted octanol–water partition coefficient (Wildman–Crippen LogP) is 6.39. The summed E-state index contributed by atoms with van der Waals surface area (Å²) >= 11 is 2.02. The summed E-state index contributed by atoms with van der Waals surface area (Å²) in [5, 5.41) is 3.86. The van der Waals surface area contributed by atoms with Gasteiger partial charge in [0.25, 0.3) is 10.8 Å². The SMILES string of the molecule is CCC(C)N(C)C(=O)Sc1ccc(-n2ncc(C)c(C)c2=O)c(F)c1.CCC(C)n1c(=O)sc2cc(F)c(NN)cc21. The Bertz CT molecular complexity index is 1700. The molecule has 2 unspecified atom stereocenters. The quantitative estimate of drug-likeness (QED) is 0.140. The van der Waals surface area contributed by atoms with E-state index in [1.54, 1.807) is 42.5 Å². The predicted molar refractivity (Wildman–Crippen MR) is 167 cm³/mol. The van der Waals surface area contributed by atoms with Crippen molar-refractivity contribution in [3.05, 3.63) is 79.3 Å². The third-order valence-corrected chi connectivity index (χ3v) is 9.12. The number of hydrogen-bond acceptors (Lipinski definition) is 8. The van der Waals surface area contributed by atoms with Crippen LogP contribution in [0.15, 0.2) is 51.0 Å². The second-order valence-electron chi connectivity index (χ2n) is 9.96. The number of hydrazine groups is 1. The highest BCUT2D eigenvalue weighted by Crippen LogP contribution is 2.27. The number of nitrogens with two attached hydrogens (primary N) is 1. The molecule has 226 valence electrons. The van der Waals surface area contributed by atoms with Crippen molar-refractivity contribution < 1.29 is 13.6 Å². The van der Waals surface area contributed by atoms with Crippen molar-refractivity contribution >= 4 is 44.2 Å². The van der Waals surface area contributed by atoms with Gasteiger partial charge in [-0.1, -0.05) is 25.2 Å². The van der Waals surface area contributed by atoms with Gasteiger partial charge in [-0.15, -0.1) is 0 Å². The molecule has 9 nitrogen and oxygen atoms in total. The molecule has 0 aliphatic carbocycles. The van der Waals surface area contributed by atoms with Gasteiger partial charge in [-0.25, -0.2) is 8.78 Å². The molecule has 4 aromatic rings. The molecule has 1 amide bonds. The molecule has 0 aliphatic rings. The van der Waals surface area contributed by atoms with Crippen LogP contribution in [-0.2, 0) is 0 Å². The number of thioether (sulfide) groups is 1. The van der Waals surface area contributed by atoms with E-state index in [0.717, 1.165) is 51.7 Å². The molecule has 13 heteroatoms. The maximum absolute atomic E-state index is 14.5. The average molecular weight is 619 g/mol. The summed E-state index contributed by atoms with van der Waals surface area (Å²) in [4.78, 5) is 38.4. The number of hydrogen-bond donors (Lipinski definition) is 2. The average Bonchev–Trinajstić information content (AvgIpc) is 3.29. The smallest absolute Gasteiger partial charge is 0.308 e. The molecule has 2 aromatic carbocycles. The Balaban J connectivity index is 0.000000247. The highest BCUT2D eigenvalue weighted by Gasteiger charge is 2.18. The van der Waals surface area contributed by atoms with Gasteiger partial charge >= 0.3 is 4.87 Å². The zero-order valence-electron chi connectivity index (χ0n) is 24.7. The van der Waals surface area contributed by atoms with E-state index in [1.807, 2.05) is 27.7 Å². The summed E-state index contributed by atoms with van der Waals surface area (Å²) < 4.78 is 31.4. The topological polar surface area (TPSA) is 115 Å². The molecule has 0 bridgehead atoms. The molecule has 4 rings (SSSR count). The number of fused-ring (bicyclic) bond motifs is 1. The first-order valence-electron chi connectivity index (χ1n) is 13.5. The lowest BCUT2D eigenvalue weighted by Gasteiger charge is -2.23. The number of anilines is 1. The summed E-state index contributed by atoms with van der Waals surface area (Å²) in [6, 6.07) is 7.47. The Morgan fingerprint density at radius 3 is 2.40 bits per heavy atom. The van der Waals surface area contributed by atoms with Gasteiger partial charge in [-0.3, -0.25) is 24.8 Å². The first-order valence-corrected chi connectivity index (χ1v) is 15.1. The lowest BCUT2D eigenvalue weighted by molar-refractivity contribution is 0.218. The minimum absolute atomic E-state index is 0.0667. The Kier molecular flexibility index (Phi) is 11.0. The van der Waals surface area contributed by atoms with Crippen LogP contribution in [0, 0.1) is 25.5 Å². The van der Waals surface area contributed by atoms with E-state index in [0.29, 0.717) is 15.2 Å². The number of aromatic nitrogens is 3. The van der Waals surface area contributed by atoms with Crippen molar-refractivity contribution in [3.63, 3.8) is 0 Å². The van der Waals surface area contributed by atoms with Crippen molar-refractivity contribution in [2.75, 3.05) is 12.5 Å². The fourth-order valence-electron chi connectivity index (χ4n) is 3.91. The van der Waals surface area contributed by atoms with Crippen LogP contribution < -0.4 is 21.7 Å². The number of rotatable bonds is 7. The number of carbonyl (C=O) groups is 1. The first-order chi connectivity index (χ1) is 19.8. The van der Waals surface area contributed by atoms with Crippen molar-refractivity contribution in [2.24, 2.45) is 5.84 Å². The van der Waals surface area contributed by atoms with E-state index in [1.165, 1.54) is 24.4 Å². The summed E-state index contributed by atoms with van der Waals surface area (Å²) in [5.41, 5.74) is 4.22. The van der Waals surface area contributed by atoms with Crippen LogP contribution in [-0.4, -0.2) is 37.6 Å². The van der Waals surface area contributed by atoms with E-state index in [4.69, 9.17) is 5.84 Å². The van der Waals surface area contributed by atoms with Crippen LogP contribution in [0.3, 0.4) is 0 Å². The number of nitrogen functional groups attached to an aromatic ring is 1. The number of benzene rings is 2. The fourth-order valence-corrected chi connectivity index (χ4v) is 5.72. The second-order valence-corrected chi connectivity index (χ2v) is 12.0. The van der Waals surface area contributed by atoms with Gasteiger partial charge < -0.3 is 10.3 Å². The number of aryl methyl sites for hydroxylation is 1. The number of nitrogens with zero attached hydrogens (tertiary/aromatic N) is 4. The lowest BCUT2D eigenvalue weighted by Crippen LogP contribution is -2.31. The van der Waals surface area contributed by atoms with Crippen LogP contribution in [0.25, 0.3) is 15.9 Å². The molecule has 2 atom stereocenters. The summed E-state index contributed by atoms with van der Waals surface area (Å²) in [6.45, 7) is 11.4. The van der Waals surface area contributed by atoms with E-state index in [2.05, 4.69) is 10.5 Å². The van der Waals surface area contributed by atoms with Gasteiger partial charge in [0.05, 0.1) is 22.1 Å². The Morgan fingerprint density at radius 2 is 1.81 bits per heavy atom. The van der Waals surface area contributed by atoms with Gasteiger partial charge in [-0.05, 0) is 88.2 Å². The normalized spacial score (nSPS) is 12.4. The minimum atomic E-state index is -0.596. The Labute approximate surface area is 251 Å². The van der Waals surface area contributed by atoms with Crippen molar-refractivity contribution in [3.8, 4) is 5.69 Å². The molecule has 0 fully saturated rings. The van der Waals surface area contributed by atoms with Gasteiger partial charge in [0.1, 0.15) is 17.3 Å². The van der Waals surface area contributed by atoms with Gasteiger partial charge in [-0.2, -0.15) is 9.78 Å². The molecule has 3 N–H and O–H groups in total. The van der Waals surface area contributed by atoms with Crippen LogP contribution in [0.2, 0.25) is 0 Å². The molecule has 2 heterocycles. The Morgan fingerprint density at radius 1 is 1.12 bits per heavy atom. The molecular formula is C29H36F2N6O3S2. The number of nitrogens with one attached hydrogen (secondary N) is 1. The number of amides is 1. The van der Waals surface area contributed by atoms with Gasteiger partial charge in [0.15, 0.2) is 0 Å².